The molecule has 2 unspecified atom stereocenters. The van der Waals surface area contributed by atoms with Crippen LogP contribution in [-0.2, 0) is 22.6 Å². The highest BCUT2D eigenvalue weighted by Crippen LogP contribution is 2.33. The van der Waals surface area contributed by atoms with E-state index < -0.39 is 33.9 Å². The number of aliphatic hydroxyl groups excluding tert-OH is 1. The first-order chi connectivity index (χ1) is 21.0. The van der Waals surface area contributed by atoms with Crippen LogP contribution in [0.2, 0.25) is 0 Å². The van der Waals surface area contributed by atoms with Crippen LogP contribution in [0.25, 0.3) is 11.1 Å². The van der Waals surface area contributed by atoms with Gasteiger partial charge in [0, 0.05) is 36.7 Å². The van der Waals surface area contributed by atoms with Crippen LogP contribution >= 0.6 is 0 Å². The second-order valence-electron chi connectivity index (χ2n) is 10.2. The molecule has 0 saturated carbocycles. The highest BCUT2D eigenvalue weighted by atomic mass is 32.2. The molecule has 4 N–H and O–H groups in total. The quantitative estimate of drug-likeness (QED) is 0.199. The summed E-state index contributed by atoms with van der Waals surface area (Å²) in [5, 5.41) is 15.7. The van der Waals surface area contributed by atoms with E-state index in [1.807, 2.05) is 22.9 Å². The fourth-order valence-corrected chi connectivity index (χ4v) is 5.75. The third-order valence-electron chi connectivity index (χ3n) is 7.02. The van der Waals surface area contributed by atoms with Gasteiger partial charge in [-0.2, -0.15) is 13.2 Å². The van der Waals surface area contributed by atoms with Gasteiger partial charge in [-0.05, 0) is 78.1 Å². The van der Waals surface area contributed by atoms with Gasteiger partial charge in [-0.15, -0.1) is 0 Å². The highest BCUT2D eigenvalue weighted by molar-refractivity contribution is 7.90. The van der Waals surface area contributed by atoms with Gasteiger partial charge in [0.05, 0.1) is 16.6 Å². The number of sulfonamides is 1. The maximum absolute atomic E-state index is 13.0. The molecule has 1 aliphatic rings. The van der Waals surface area contributed by atoms with Gasteiger partial charge in [0.1, 0.15) is 11.9 Å². The molecule has 0 aliphatic carbocycles. The number of hydrogen-bond donors (Lipinski definition) is 4. The van der Waals surface area contributed by atoms with Crippen molar-refractivity contribution >= 4 is 21.7 Å². The lowest BCUT2D eigenvalue weighted by Crippen LogP contribution is -2.36. The Morgan fingerprint density at radius 1 is 1.02 bits per heavy atom. The second-order valence-corrected chi connectivity index (χ2v) is 11.9. The van der Waals surface area contributed by atoms with Gasteiger partial charge in [0.25, 0.3) is 10.0 Å². The first kappa shape index (κ1) is 31.0. The normalized spacial score (nSPS) is 15.5. The summed E-state index contributed by atoms with van der Waals surface area (Å²) in [4.78, 5) is 16.2. The molecule has 9 nitrogen and oxygen atoms in total. The summed E-state index contributed by atoms with van der Waals surface area (Å²) in [6, 6.07) is 17.8. The summed E-state index contributed by atoms with van der Waals surface area (Å²) in [5.74, 6) is 0.719. The molecule has 0 fully saturated rings. The Morgan fingerprint density at radius 2 is 1.82 bits per heavy atom. The number of aliphatic hydroxyl groups is 1. The van der Waals surface area contributed by atoms with Crippen molar-refractivity contribution in [1.82, 2.24) is 15.0 Å². The van der Waals surface area contributed by atoms with E-state index in [1.165, 1.54) is 24.3 Å². The molecule has 2 atom stereocenters. The number of pyridine rings is 1. The van der Waals surface area contributed by atoms with E-state index in [1.54, 1.807) is 30.6 Å². The summed E-state index contributed by atoms with van der Waals surface area (Å²) in [5.41, 5.74) is 1.83. The van der Waals surface area contributed by atoms with Gasteiger partial charge >= 0.3 is 12.2 Å². The number of urea groups is 1. The first-order valence-corrected chi connectivity index (χ1v) is 15.2. The van der Waals surface area contributed by atoms with Gasteiger partial charge < -0.3 is 20.5 Å². The zero-order valence-corrected chi connectivity index (χ0v) is 24.0. The Morgan fingerprint density at radius 3 is 2.59 bits per heavy atom. The fraction of sp³-hybridized carbons (Fsp3) is 0.226. The van der Waals surface area contributed by atoms with Crippen LogP contribution in [0.5, 0.6) is 5.75 Å². The number of aryl methyl sites for hydroxylation is 1. The number of amides is 2. The van der Waals surface area contributed by atoms with Crippen molar-refractivity contribution in [3.05, 3.63) is 108 Å². The third kappa shape index (κ3) is 7.73. The molecule has 230 valence electrons. The third-order valence-corrected chi connectivity index (χ3v) is 8.35. The van der Waals surface area contributed by atoms with Crippen molar-refractivity contribution in [3.8, 4) is 16.9 Å². The Balaban J connectivity index is 1.20. The molecule has 1 aliphatic heterocycles. The van der Waals surface area contributed by atoms with Crippen LogP contribution < -0.4 is 20.1 Å². The molecule has 0 spiro atoms. The molecular weight excluding hydrogens is 597 g/mol. The maximum Gasteiger partial charge on any atom is 0.416 e. The van der Waals surface area contributed by atoms with Crippen molar-refractivity contribution in [1.29, 1.82) is 0 Å². The molecule has 44 heavy (non-hydrogen) atoms. The number of hydrogen-bond acceptors (Lipinski definition) is 7. The number of benzene rings is 3. The average Bonchev–Trinajstić information content (AvgIpc) is 3.00. The zero-order valence-electron chi connectivity index (χ0n) is 23.2. The largest absolute Gasteiger partial charge is 0.489 e. The van der Waals surface area contributed by atoms with E-state index in [2.05, 4.69) is 15.6 Å². The minimum absolute atomic E-state index is 0.0870. The Hall–Kier alpha value is -4.46. The van der Waals surface area contributed by atoms with E-state index in [4.69, 9.17) is 4.74 Å². The maximum atomic E-state index is 13.0. The Bertz CT molecular complexity index is 1740. The number of anilines is 1. The number of alkyl halides is 3. The van der Waals surface area contributed by atoms with Crippen LogP contribution in [0.4, 0.5) is 23.7 Å². The van der Waals surface area contributed by atoms with Crippen molar-refractivity contribution in [3.63, 3.8) is 0 Å². The number of halogens is 3. The number of ether oxygens (including phenoxy) is 1. The number of fused-ring (bicyclic) bond motifs is 1. The summed E-state index contributed by atoms with van der Waals surface area (Å²) >= 11 is 0. The molecule has 0 bridgehead atoms. The van der Waals surface area contributed by atoms with Gasteiger partial charge in [-0.25, -0.2) is 17.9 Å². The first-order valence-electron chi connectivity index (χ1n) is 13.7. The average molecular weight is 627 g/mol. The van der Waals surface area contributed by atoms with E-state index in [9.17, 15) is 31.5 Å². The summed E-state index contributed by atoms with van der Waals surface area (Å²) in [6.07, 6.45) is -0.636. The Labute approximate surface area is 252 Å². The predicted molar refractivity (Wildman–Crippen MR) is 157 cm³/mol. The summed E-state index contributed by atoms with van der Waals surface area (Å²) in [6.45, 7) is 0.908. The van der Waals surface area contributed by atoms with Gasteiger partial charge in [-0.1, -0.05) is 30.3 Å². The molecule has 0 radical (unpaired) electrons. The van der Waals surface area contributed by atoms with Crippen LogP contribution in [0.15, 0.2) is 96.2 Å². The molecule has 1 aromatic heterocycles. The molecule has 0 saturated heterocycles. The lowest BCUT2D eigenvalue weighted by molar-refractivity contribution is -0.137. The van der Waals surface area contributed by atoms with E-state index >= 15 is 0 Å². The monoisotopic (exact) mass is 626 g/mol. The second kappa shape index (κ2) is 13.0. The van der Waals surface area contributed by atoms with Gasteiger partial charge in [0.2, 0.25) is 0 Å². The zero-order chi connectivity index (χ0) is 31.3. The van der Waals surface area contributed by atoms with Crippen LogP contribution in [0.3, 0.4) is 0 Å². The molecule has 5 rings (SSSR count). The number of nitrogens with one attached hydrogen (secondary N) is 3. The lowest BCUT2D eigenvalue weighted by Gasteiger charge is -2.27. The van der Waals surface area contributed by atoms with Crippen LogP contribution in [0, 0.1) is 0 Å². The lowest BCUT2D eigenvalue weighted by atomic mass is 9.97. The number of carbonyl (C=O) groups excluding carboxylic acids is 1. The topological polar surface area (TPSA) is 130 Å². The van der Waals surface area contributed by atoms with Crippen molar-refractivity contribution in [2.45, 2.75) is 36.1 Å². The van der Waals surface area contributed by atoms with E-state index in [0.717, 1.165) is 47.4 Å². The molecule has 3 aromatic carbocycles. The SMILES string of the molecule is O=C(Nc1cccc(C(F)(F)F)c1)NS(=O)(=O)c1cccc(-c2ccc3c(c2)CCC(CNCC(O)c2cccnc2)O3)c1. The van der Waals surface area contributed by atoms with Crippen molar-refractivity contribution in [2.75, 3.05) is 18.4 Å². The van der Waals surface area contributed by atoms with Crippen LogP contribution in [0.1, 0.15) is 29.2 Å². The number of carbonyl (C=O) groups is 1. The number of aromatic nitrogens is 1. The summed E-state index contributed by atoms with van der Waals surface area (Å²) in [7, 11) is -4.34. The fourth-order valence-electron chi connectivity index (χ4n) is 4.79. The minimum Gasteiger partial charge on any atom is -0.489 e. The molecule has 13 heteroatoms. The minimum atomic E-state index is -4.62. The standard InChI is InChI=1S/C31H29F3N4O5S/c32-31(33,34)24-6-2-7-25(16-24)37-30(40)38-44(41,42)27-8-1-4-20(15-27)21-10-12-29-22(14-21)9-11-26(43-29)18-36-19-28(39)23-5-3-13-35-17-23/h1-8,10,12-17,26,28,36,39H,9,11,18-19H2,(H2,37,38,40). The van der Waals surface area contributed by atoms with Gasteiger partial charge in [-0.3, -0.25) is 4.98 Å². The van der Waals surface area contributed by atoms with Crippen LogP contribution in [-0.4, -0.2) is 43.7 Å². The number of nitrogens with zero attached hydrogens (tertiary/aromatic N) is 1. The van der Waals surface area contributed by atoms with E-state index in [0.29, 0.717) is 24.7 Å². The predicted octanol–water partition coefficient (Wildman–Crippen LogP) is 5.29. The van der Waals surface area contributed by atoms with E-state index in [-0.39, 0.29) is 16.7 Å². The van der Waals surface area contributed by atoms with Gasteiger partial charge in [0.15, 0.2) is 0 Å². The molecule has 2 amide bonds. The Kier molecular flexibility index (Phi) is 9.18. The molecule has 2 heterocycles. The highest BCUT2D eigenvalue weighted by Gasteiger charge is 2.30. The smallest absolute Gasteiger partial charge is 0.416 e. The molecular formula is C31H29F3N4O5S. The summed E-state index contributed by atoms with van der Waals surface area (Å²) < 4.78 is 72.7. The number of rotatable bonds is 9. The van der Waals surface area contributed by atoms with Crippen molar-refractivity contribution in [2.24, 2.45) is 0 Å². The molecule has 4 aromatic rings. The van der Waals surface area contributed by atoms with Crippen molar-refractivity contribution < 1.29 is 36.2 Å².